The highest BCUT2D eigenvalue weighted by Crippen LogP contribution is 2.30. The number of aliphatic hydroxyl groups is 1. The van der Waals surface area contributed by atoms with Crippen LogP contribution in [-0.4, -0.2) is 71.7 Å². The van der Waals surface area contributed by atoms with Gasteiger partial charge in [0.1, 0.15) is 18.2 Å². The predicted octanol–water partition coefficient (Wildman–Crippen LogP) is 1.62. The fourth-order valence-corrected chi connectivity index (χ4v) is 4.26. The Bertz CT molecular complexity index is 1140. The molecule has 0 aliphatic carbocycles. The number of hydrogen-bond acceptors (Lipinski definition) is 9. The summed E-state index contributed by atoms with van der Waals surface area (Å²) in [7, 11) is 1.39. The second-order valence-electron chi connectivity index (χ2n) is 10.4. The minimum absolute atomic E-state index is 0.0997. The topological polar surface area (TPSA) is 160 Å². The number of epoxide rings is 1. The number of nitrogens with one attached hydrogen (secondary N) is 2. The number of nitrogens with zero attached hydrogens (tertiary/aromatic N) is 1. The van der Waals surface area contributed by atoms with Crippen molar-refractivity contribution < 1.29 is 38.3 Å². The summed E-state index contributed by atoms with van der Waals surface area (Å²) in [4.78, 5) is 52.7. The largest absolute Gasteiger partial charge is 0.388 e. The number of ketones is 2. The zero-order valence-corrected chi connectivity index (χ0v) is 22.8. The van der Waals surface area contributed by atoms with Gasteiger partial charge >= 0.3 is 0 Å². The van der Waals surface area contributed by atoms with Crippen molar-refractivity contribution in [2.75, 3.05) is 20.3 Å². The second kappa shape index (κ2) is 13.6. The summed E-state index contributed by atoms with van der Waals surface area (Å²) in [6.45, 7) is 5.39. The molecule has 0 bridgehead atoms. The fourth-order valence-electron chi connectivity index (χ4n) is 4.26. The van der Waals surface area contributed by atoms with Gasteiger partial charge in [0.25, 0.3) is 5.91 Å². The standard InChI is InChI=1S/C28H37N3O8/c1-17(2)10-21(25(34)28(3)16-38-28)29-26(35)19(11-18-8-6-5-7-9-18)12-24(33)23(15-37-4)30-27(36)22-13-20(14-32)39-31-22/h5-9,13,17,19,21,23,32H,10-12,14-16H2,1-4H3,(H,29,35)(H,30,36)/t19-,21+,23+,28-/m1/s1. The Balaban J connectivity index is 1.77. The van der Waals surface area contributed by atoms with E-state index in [4.69, 9.17) is 19.1 Å². The van der Waals surface area contributed by atoms with E-state index in [9.17, 15) is 19.2 Å². The Hall–Kier alpha value is -3.41. The van der Waals surface area contributed by atoms with E-state index >= 15 is 0 Å². The number of amides is 2. The summed E-state index contributed by atoms with van der Waals surface area (Å²) in [6.07, 6.45) is 0.489. The SMILES string of the molecule is COC[C@H](NC(=O)c1cc(CO)on1)C(=O)C[C@@H](Cc1ccccc1)C(=O)N[C@@H](CC(C)C)C(=O)[C@@]1(C)CO1. The molecule has 212 valence electrons. The highest BCUT2D eigenvalue weighted by molar-refractivity contribution is 5.99. The van der Waals surface area contributed by atoms with E-state index in [1.165, 1.54) is 13.2 Å². The van der Waals surface area contributed by atoms with Gasteiger partial charge in [-0.15, -0.1) is 0 Å². The van der Waals surface area contributed by atoms with Crippen LogP contribution in [0, 0.1) is 11.8 Å². The van der Waals surface area contributed by atoms with Gasteiger partial charge in [-0.1, -0.05) is 49.3 Å². The van der Waals surface area contributed by atoms with Gasteiger partial charge in [-0.25, -0.2) is 0 Å². The first-order valence-electron chi connectivity index (χ1n) is 13.0. The molecule has 11 heteroatoms. The van der Waals surface area contributed by atoms with E-state index in [1.807, 2.05) is 44.2 Å². The molecule has 4 atom stereocenters. The van der Waals surface area contributed by atoms with Gasteiger partial charge in [-0.05, 0) is 31.2 Å². The van der Waals surface area contributed by atoms with Crippen LogP contribution >= 0.6 is 0 Å². The number of hydrogen-bond donors (Lipinski definition) is 3. The summed E-state index contributed by atoms with van der Waals surface area (Å²) in [5.41, 5.74) is -0.152. The van der Waals surface area contributed by atoms with E-state index in [2.05, 4.69) is 15.8 Å². The highest BCUT2D eigenvalue weighted by Gasteiger charge is 2.50. The average molecular weight is 544 g/mol. The van der Waals surface area contributed by atoms with Crippen LogP contribution in [0.15, 0.2) is 40.9 Å². The summed E-state index contributed by atoms with van der Waals surface area (Å²) in [5.74, 6) is -2.28. The highest BCUT2D eigenvalue weighted by atomic mass is 16.6. The zero-order valence-electron chi connectivity index (χ0n) is 22.8. The molecule has 11 nitrogen and oxygen atoms in total. The molecule has 3 rings (SSSR count). The smallest absolute Gasteiger partial charge is 0.274 e. The number of rotatable bonds is 16. The van der Waals surface area contributed by atoms with Crippen LogP contribution in [-0.2, 0) is 36.9 Å². The van der Waals surface area contributed by atoms with Crippen molar-refractivity contribution in [3.8, 4) is 0 Å². The maximum absolute atomic E-state index is 13.6. The van der Waals surface area contributed by atoms with Crippen molar-refractivity contribution in [3.63, 3.8) is 0 Å². The molecule has 3 N–H and O–H groups in total. The lowest BCUT2D eigenvalue weighted by molar-refractivity contribution is -0.134. The predicted molar refractivity (Wildman–Crippen MR) is 140 cm³/mol. The van der Waals surface area contributed by atoms with Gasteiger partial charge in [-0.3, -0.25) is 19.2 Å². The number of methoxy groups -OCH3 is 1. The quantitative estimate of drug-likeness (QED) is 0.267. The van der Waals surface area contributed by atoms with Crippen molar-refractivity contribution in [1.82, 2.24) is 15.8 Å². The van der Waals surface area contributed by atoms with Gasteiger partial charge in [-0.2, -0.15) is 0 Å². The first-order chi connectivity index (χ1) is 18.6. The van der Waals surface area contributed by atoms with Crippen molar-refractivity contribution in [1.29, 1.82) is 0 Å². The van der Waals surface area contributed by atoms with Crippen LogP contribution in [0.2, 0.25) is 0 Å². The number of aliphatic hydroxyl groups excluding tert-OH is 1. The molecule has 2 heterocycles. The maximum Gasteiger partial charge on any atom is 0.274 e. The Labute approximate surface area is 227 Å². The van der Waals surface area contributed by atoms with Crippen molar-refractivity contribution in [2.45, 2.75) is 64.3 Å². The monoisotopic (exact) mass is 543 g/mol. The summed E-state index contributed by atoms with van der Waals surface area (Å²) in [5, 5.41) is 18.2. The van der Waals surface area contributed by atoms with Crippen LogP contribution in [0.25, 0.3) is 0 Å². The number of ether oxygens (including phenoxy) is 2. The normalized spacial score (nSPS) is 18.7. The summed E-state index contributed by atoms with van der Waals surface area (Å²) >= 11 is 0. The van der Waals surface area contributed by atoms with Crippen LogP contribution in [0.4, 0.5) is 0 Å². The molecule has 39 heavy (non-hydrogen) atoms. The number of carbonyl (C=O) groups excluding carboxylic acids is 4. The molecule has 0 radical (unpaired) electrons. The summed E-state index contributed by atoms with van der Waals surface area (Å²) in [6, 6.07) is 8.72. The molecule has 0 saturated carbocycles. The molecule has 1 aliphatic heterocycles. The third-order valence-corrected chi connectivity index (χ3v) is 6.56. The Kier molecular flexibility index (Phi) is 10.5. The molecule has 1 fully saturated rings. The molecular weight excluding hydrogens is 506 g/mol. The van der Waals surface area contributed by atoms with Crippen LogP contribution < -0.4 is 10.6 Å². The summed E-state index contributed by atoms with van der Waals surface area (Å²) < 4.78 is 15.3. The van der Waals surface area contributed by atoms with Crippen molar-refractivity contribution in [2.24, 2.45) is 11.8 Å². The lowest BCUT2D eigenvalue weighted by Crippen LogP contribution is -2.50. The molecule has 1 aromatic carbocycles. The lowest BCUT2D eigenvalue weighted by Gasteiger charge is -2.25. The number of benzene rings is 1. The van der Waals surface area contributed by atoms with Crippen LogP contribution in [0.3, 0.4) is 0 Å². The molecule has 0 unspecified atom stereocenters. The minimum Gasteiger partial charge on any atom is -0.388 e. The maximum atomic E-state index is 13.6. The molecule has 0 spiro atoms. The van der Waals surface area contributed by atoms with E-state index in [0.29, 0.717) is 13.0 Å². The molecule has 1 saturated heterocycles. The Morgan fingerprint density at radius 1 is 1.13 bits per heavy atom. The molecule has 2 amide bonds. The van der Waals surface area contributed by atoms with E-state index in [1.54, 1.807) is 6.92 Å². The Morgan fingerprint density at radius 3 is 2.38 bits per heavy atom. The number of Topliss-reactive ketones (excluding diaryl/α,β-unsaturated/α-hetero) is 2. The van der Waals surface area contributed by atoms with Gasteiger partial charge < -0.3 is 29.7 Å². The molecular formula is C28H37N3O8. The lowest BCUT2D eigenvalue weighted by atomic mass is 9.89. The van der Waals surface area contributed by atoms with Crippen molar-refractivity contribution >= 4 is 23.4 Å². The average Bonchev–Trinajstić information content (AvgIpc) is 3.47. The first-order valence-corrected chi connectivity index (χ1v) is 13.0. The third kappa shape index (κ3) is 8.54. The third-order valence-electron chi connectivity index (χ3n) is 6.56. The van der Waals surface area contributed by atoms with Gasteiger partial charge in [0.15, 0.2) is 23.0 Å². The minimum atomic E-state index is -1.06. The zero-order chi connectivity index (χ0) is 28.6. The van der Waals surface area contributed by atoms with Crippen LogP contribution in [0.1, 0.15) is 55.4 Å². The van der Waals surface area contributed by atoms with Gasteiger partial charge in [0, 0.05) is 25.5 Å². The Morgan fingerprint density at radius 2 is 1.82 bits per heavy atom. The molecule has 2 aromatic rings. The van der Waals surface area contributed by atoms with Gasteiger partial charge in [0.2, 0.25) is 5.91 Å². The first kappa shape index (κ1) is 30.1. The van der Waals surface area contributed by atoms with E-state index in [0.717, 1.165) is 5.56 Å². The second-order valence-corrected chi connectivity index (χ2v) is 10.4. The fraction of sp³-hybridized carbons (Fsp3) is 0.536. The number of carbonyl (C=O) groups is 4. The van der Waals surface area contributed by atoms with Gasteiger partial charge in [0.05, 0.1) is 19.3 Å². The van der Waals surface area contributed by atoms with E-state index in [-0.39, 0.29) is 42.6 Å². The van der Waals surface area contributed by atoms with Crippen LogP contribution in [0.5, 0.6) is 0 Å². The van der Waals surface area contributed by atoms with E-state index < -0.39 is 47.8 Å². The molecule has 1 aliphatic rings. The van der Waals surface area contributed by atoms with Crippen molar-refractivity contribution in [3.05, 3.63) is 53.4 Å². The molecule has 1 aromatic heterocycles. The number of aromatic nitrogens is 1.